The fourth-order valence-corrected chi connectivity index (χ4v) is 1.40. The Bertz CT molecular complexity index is 341. The molecule has 0 unspecified atom stereocenters. The molecule has 82 valence electrons. The lowest BCUT2D eigenvalue weighted by atomic mass is 9.90. The number of halogens is 2. The first-order chi connectivity index (χ1) is 7.07. The van der Waals surface area contributed by atoms with E-state index in [1.165, 1.54) is 12.1 Å². The van der Waals surface area contributed by atoms with Crippen LogP contribution in [0.4, 0.5) is 8.78 Å². The maximum Gasteiger partial charge on any atom is 0.129 e. The van der Waals surface area contributed by atoms with Crippen LogP contribution in [0.3, 0.4) is 0 Å². The van der Waals surface area contributed by atoms with Crippen molar-refractivity contribution >= 4 is 0 Å². The van der Waals surface area contributed by atoms with Gasteiger partial charge in [0.15, 0.2) is 0 Å². The van der Waals surface area contributed by atoms with Crippen molar-refractivity contribution in [1.29, 1.82) is 0 Å². The van der Waals surface area contributed by atoms with Crippen molar-refractivity contribution in [3.8, 4) is 5.75 Å². The van der Waals surface area contributed by atoms with Crippen molar-refractivity contribution in [1.82, 2.24) is 0 Å². The minimum Gasteiger partial charge on any atom is -0.493 e. The molecule has 1 heterocycles. The highest BCUT2D eigenvalue weighted by atomic mass is 19.1. The third-order valence-electron chi connectivity index (χ3n) is 2.32. The molecular weight excluding hydrogens is 202 g/mol. The van der Waals surface area contributed by atoms with Crippen LogP contribution >= 0.6 is 0 Å². The van der Waals surface area contributed by atoms with Gasteiger partial charge in [0.05, 0.1) is 19.8 Å². The van der Waals surface area contributed by atoms with Gasteiger partial charge in [0.25, 0.3) is 0 Å². The van der Waals surface area contributed by atoms with Crippen LogP contribution in [0.5, 0.6) is 5.75 Å². The molecule has 1 aromatic carbocycles. The molecule has 1 aliphatic rings. The molecule has 0 aromatic heterocycles. The van der Waals surface area contributed by atoms with E-state index in [9.17, 15) is 8.78 Å². The maximum absolute atomic E-state index is 12.8. The average Bonchev–Trinajstić information content (AvgIpc) is 2.10. The van der Waals surface area contributed by atoms with Gasteiger partial charge >= 0.3 is 0 Å². The molecule has 0 N–H and O–H groups in total. The molecule has 0 spiro atoms. The zero-order valence-corrected chi connectivity index (χ0v) is 8.43. The Hall–Kier alpha value is -1.16. The molecule has 15 heavy (non-hydrogen) atoms. The van der Waals surface area contributed by atoms with Gasteiger partial charge in [-0.2, -0.15) is 0 Å². The summed E-state index contributed by atoms with van der Waals surface area (Å²) < 4.78 is 36.0. The molecule has 2 nitrogen and oxygen atoms in total. The van der Waals surface area contributed by atoms with Crippen LogP contribution in [0.2, 0.25) is 0 Å². The van der Waals surface area contributed by atoms with Gasteiger partial charge in [-0.15, -0.1) is 0 Å². The molecule has 2 rings (SSSR count). The van der Waals surface area contributed by atoms with E-state index in [-0.39, 0.29) is 11.2 Å². The largest absolute Gasteiger partial charge is 0.493 e. The molecule has 0 aliphatic carbocycles. The van der Waals surface area contributed by atoms with Gasteiger partial charge in [-0.05, 0) is 0 Å². The Morgan fingerprint density at radius 1 is 1.27 bits per heavy atom. The first kappa shape index (κ1) is 10.4. The predicted molar refractivity (Wildman–Crippen MR) is 50.8 cm³/mol. The van der Waals surface area contributed by atoms with Crippen LogP contribution in [0.1, 0.15) is 6.92 Å². The maximum atomic E-state index is 12.8. The number of ether oxygens (including phenoxy) is 2. The Morgan fingerprint density at radius 3 is 2.33 bits per heavy atom. The molecular formula is C11H12F2O2. The molecule has 0 bridgehead atoms. The monoisotopic (exact) mass is 214 g/mol. The predicted octanol–water partition coefficient (Wildman–Crippen LogP) is 2.38. The lowest BCUT2D eigenvalue weighted by molar-refractivity contribution is -0.120. The van der Waals surface area contributed by atoms with E-state index in [2.05, 4.69) is 0 Å². The van der Waals surface area contributed by atoms with Crippen molar-refractivity contribution in [2.75, 3.05) is 19.8 Å². The third-order valence-corrected chi connectivity index (χ3v) is 2.32. The van der Waals surface area contributed by atoms with Crippen molar-refractivity contribution in [2.45, 2.75) is 6.92 Å². The Balaban J connectivity index is 1.98. The van der Waals surface area contributed by atoms with Gasteiger partial charge in [-0.1, -0.05) is 6.92 Å². The topological polar surface area (TPSA) is 18.5 Å². The highest BCUT2D eigenvalue weighted by Crippen LogP contribution is 2.27. The van der Waals surface area contributed by atoms with Crippen molar-refractivity contribution in [3.63, 3.8) is 0 Å². The summed E-state index contributed by atoms with van der Waals surface area (Å²) in [5.41, 5.74) is -0.0250. The zero-order valence-electron chi connectivity index (χ0n) is 8.43. The van der Waals surface area contributed by atoms with Crippen molar-refractivity contribution in [2.24, 2.45) is 5.41 Å². The summed E-state index contributed by atoms with van der Waals surface area (Å²) in [6.45, 7) is 3.68. The number of hydrogen-bond acceptors (Lipinski definition) is 2. The quantitative estimate of drug-likeness (QED) is 0.769. The van der Waals surface area contributed by atoms with E-state index in [1.54, 1.807) is 0 Å². The fraction of sp³-hybridized carbons (Fsp3) is 0.455. The van der Waals surface area contributed by atoms with E-state index < -0.39 is 11.6 Å². The van der Waals surface area contributed by atoms with Gasteiger partial charge in [-0.25, -0.2) is 8.78 Å². The summed E-state index contributed by atoms with van der Waals surface area (Å²) in [4.78, 5) is 0. The van der Waals surface area contributed by atoms with E-state index in [0.29, 0.717) is 19.8 Å². The van der Waals surface area contributed by atoms with Crippen LogP contribution in [0.25, 0.3) is 0 Å². The second kappa shape index (κ2) is 3.77. The van der Waals surface area contributed by atoms with Crippen LogP contribution < -0.4 is 4.74 Å². The summed E-state index contributed by atoms with van der Waals surface area (Å²) >= 11 is 0. The molecule has 0 atom stereocenters. The van der Waals surface area contributed by atoms with E-state index >= 15 is 0 Å². The summed E-state index contributed by atoms with van der Waals surface area (Å²) in [7, 11) is 0. The molecule has 0 saturated carbocycles. The molecule has 4 heteroatoms. The lowest BCUT2D eigenvalue weighted by Crippen LogP contribution is -2.44. The Labute approximate surface area is 86.8 Å². The Kier molecular flexibility index (Phi) is 2.61. The van der Waals surface area contributed by atoms with Gasteiger partial charge in [0.2, 0.25) is 0 Å². The summed E-state index contributed by atoms with van der Waals surface area (Å²) in [6, 6.07) is 3.17. The first-order valence-corrected chi connectivity index (χ1v) is 4.74. The third kappa shape index (κ3) is 2.45. The van der Waals surface area contributed by atoms with Crippen molar-refractivity contribution in [3.05, 3.63) is 29.8 Å². The molecule has 0 amide bonds. The number of benzene rings is 1. The normalized spacial score (nSPS) is 18.3. The average molecular weight is 214 g/mol. The highest BCUT2D eigenvalue weighted by Gasteiger charge is 2.34. The number of rotatable bonds is 3. The van der Waals surface area contributed by atoms with Crippen LogP contribution in [0.15, 0.2) is 18.2 Å². The van der Waals surface area contributed by atoms with E-state index in [4.69, 9.17) is 9.47 Å². The van der Waals surface area contributed by atoms with Crippen molar-refractivity contribution < 1.29 is 18.3 Å². The Morgan fingerprint density at radius 2 is 1.87 bits per heavy atom. The zero-order chi connectivity index (χ0) is 10.9. The standard InChI is InChI=1S/C11H12F2O2/c1-11(5-14-6-11)7-15-10-3-8(12)2-9(13)4-10/h2-4H,5-7H2,1H3. The summed E-state index contributed by atoms with van der Waals surface area (Å²) in [5.74, 6) is -1.03. The van der Waals surface area contributed by atoms with Crippen LogP contribution in [-0.4, -0.2) is 19.8 Å². The first-order valence-electron chi connectivity index (χ1n) is 4.74. The molecule has 1 aliphatic heterocycles. The van der Waals surface area contributed by atoms with Gasteiger partial charge in [0.1, 0.15) is 17.4 Å². The smallest absolute Gasteiger partial charge is 0.129 e. The van der Waals surface area contributed by atoms with Crippen LogP contribution in [-0.2, 0) is 4.74 Å². The second-order valence-electron chi connectivity index (χ2n) is 4.20. The van der Waals surface area contributed by atoms with Crippen LogP contribution in [0, 0.1) is 17.0 Å². The van der Waals surface area contributed by atoms with Gasteiger partial charge in [-0.3, -0.25) is 0 Å². The SMILES string of the molecule is CC1(COc2cc(F)cc(F)c2)COC1. The minimum absolute atomic E-state index is 0.0250. The lowest BCUT2D eigenvalue weighted by Gasteiger charge is -2.37. The molecule has 1 aromatic rings. The number of hydrogen-bond donors (Lipinski definition) is 0. The van der Waals surface area contributed by atoms with E-state index in [1.807, 2.05) is 6.92 Å². The highest BCUT2D eigenvalue weighted by molar-refractivity contribution is 5.23. The summed E-state index contributed by atoms with van der Waals surface area (Å²) in [6.07, 6.45) is 0. The van der Waals surface area contributed by atoms with E-state index in [0.717, 1.165) is 6.07 Å². The molecule has 1 fully saturated rings. The minimum atomic E-state index is -0.625. The van der Waals surface area contributed by atoms with Gasteiger partial charge in [0, 0.05) is 23.6 Å². The fourth-order valence-electron chi connectivity index (χ4n) is 1.40. The molecule has 1 saturated heterocycles. The molecule has 0 radical (unpaired) electrons. The van der Waals surface area contributed by atoms with Gasteiger partial charge < -0.3 is 9.47 Å². The summed E-state index contributed by atoms with van der Waals surface area (Å²) in [5, 5.41) is 0. The second-order valence-corrected chi connectivity index (χ2v) is 4.20.